The molecular weight excluding hydrogens is 270 g/mol. The van der Waals surface area contributed by atoms with Crippen LogP contribution in [-0.4, -0.2) is 49.1 Å². The van der Waals surface area contributed by atoms with Gasteiger partial charge >= 0.3 is 0 Å². The number of anilines is 1. The summed E-state index contributed by atoms with van der Waals surface area (Å²) in [7, 11) is -3.72. The van der Waals surface area contributed by atoms with Crippen LogP contribution in [-0.2, 0) is 14.8 Å². The summed E-state index contributed by atoms with van der Waals surface area (Å²) in [5.41, 5.74) is 5.44. The lowest BCUT2D eigenvalue weighted by Crippen LogP contribution is -2.34. The maximum absolute atomic E-state index is 11.8. The van der Waals surface area contributed by atoms with Crippen LogP contribution in [0.3, 0.4) is 0 Å². The highest BCUT2D eigenvalue weighted by Gasteiger charge is 2.19. The van der Waals surface area contributed by atoms with Crippen LogP contribution in [0.25, 0.3) is 0 Å². The lowest BCUT2D eigenvalue weighted by molar-refractivity contribution is -0.130. The van der Waals surface area contributed by atoms with E-state index in [1.54, 1.807) is 4.90 Å². The summed E-state index contributed by atoms with van der Waals surface area (Å²) in [6, 6.07) is 0. The van der Waals surface area contributed by atoms with Crippen molar-refractivity contribution in [3.8, 4) is 0 Å². The van der Waals surface area contributed by atoms with Crippen molar-refractivity contribution in [3.05, 3.63) is 6.20 Å². The van der Waals surface area contributed by atoms with Gasteiger partial charge in [-0.15, -0.1) is 0 Å². The van der Waals surface area contributed by atoms with E-state index < -0.39 is 10.0 Å². The molecule has 0 saturated heterocycles. The fraction of sp³-hybridized carbons (Fsp3) is 0.600. The summed E-state index contributed by atoms with van der Waals surface area (Å²) >= 11 is 0. The Bertz CT molecular complexity index is 521. The quantitative estimate of drug-likeness (QED) is 0.626. The predicted octanol–water partition coefficient (Wildman–Crippen LogP) is -0.471. The molecule has 1 rings (SSSR count). The van der Waals surface area contributed by atoms with E-state index in [4.69, 9.17) is 5.73 Å². The Morgan fingerprint density at radius 3 is 2.58 bits per heavy atom. The van der Waals surface area contributed by atoms with Crippen LogP contribution in [0.15, 0.2) is 11.1 Å². The van der Waals surface area contributed by atoms with Gasteiger partial charge in [-0.1, -0.05) is 0 Å². The first-order valence-electron chi connectivity index (χ1n) is 5.98. The predicted molar refractivity (Wildman–Crippen MR) is 70.7 cm³/mol. The number of nitrogen functional groups attached to an aromatic ring is 1. The Morgan fingerprint density at radius 2 is 2.11 bits per heavy atom. The molecule has 108 valence electrons. The molecular formula is C10H19N5O3S. The molecule has 9 heteroatoms. The monoisotopic (exact) mass is 289 g/mol. The van der Waals surface area contributed by atoms with Crippen LogP contribution in [0.1, 0.15) is 20.3 Å². The number of carbonyl (C=O) groups is 1. The van der Waals surface area contributed by atoms with Crippen LogP contribution in [0, 0.1) is 0 Å². The highest BCUT2D eigenvalue weighted by atomic mass is 32.2. The van der Waals surface area contributed by atoms with Crippen molar-refractivity contribution in [2.75, 3.05) is 25.4 Å². The molecule has 8 nitrogen and oxygen atoms in total. The fourth-order valence-electron chi connectivity index (χ4n) is 1.60. The largest absolute Gasteiger partial charge is 0.383 e. The number of nitrogens with zero attached hydrogens (tertiary/aromatic N) is 2. The lowest BCUT2D eigenvalue weighted by atomic mass is 10.3. The van der Waals surface area contributed by atoms with E-state index in [9.17, 15) is 13.2 Å². The van der Waals surface area contributed by atoms with Crippen LogP contribution in [0.4, 0.5) is 5.82 Å². The summed E-state index contributed by atoms with van der Waals surface area (Å²) < 4.78 is 26.0. The number of hydrogen-bond acceptors (Lipinski definition) is 5. The summed E-state index contributed by atoms with van der Waals surface area (Å²) in [4.78, 5) is 13.2. The Hall–Kier alpha value is -1.61. The van der Waals surface area contributed by atoms with Crippen molar-refractivity contribution in [3.63, 3.8) is 0 Å². The number of amides is 1. The lowest BCUT2D eigenvalue weighted by Gasteiger charge is -2.18. The Morgan fingerprint density at radius 1 is 1.47 bits per heavy atom. The molecule has 0 aliphatic heterocycles. The Kier molecular flexibility index (Phi) is 5.31. The highest BCUT2D eigenvalue weighted by Crippen LogP contribution is 2.13. The van der Waals surface area contributed by atoms with Gasteiger partial charge < -0.3 is 10.6 Å². The fourth-order valence-corrected chi connectivity index (χ4v) is 2.66. The van der Waals surface area contributed by atoms with Gasteiger partial charge in [-0.25, -0.2) is 13.1 Å². The second-order valence-electron chi connectivity index (χ2n) is 3.86. The average Bonchev–Trinajstić information content (AvgIpc) is 2.77. The first-order chi connectivity index (χ1) is 8.92. The van der Waals surface area contributed by atoms with Crippen molar-refractivity contribution >= 4 is 21.7 Å². The van der Waals surface area contributed by atoms with Gasteiger partial charge in [-0.05, 0) is 13.8 Å². The molecule has 0 bridgehead atoms. The summed E-state index contributed by atoms with van der Waals surface area (Å²) in [6.45, 7) is 4.99. The maximum Gasteiger partial charge on any atom is 0.245 e. The topological polar surface area (TPSA) is 121 Å². The minimum Gasteiger partial charge on any atom is -0.383 e. The number of sulfonamides is 1. The van der Waals surface area contributed by atoms with Gasteiger partial charge in [0.2, 0.25) is 15.9 Å². The van der Waals surface area contributed by atoms with E-state index in [1.807, 2.05) is 13.8 Å². The van der Waals surface area contributed by atoms with Crippen molar-refractivity contribution in [2.24, 2.45) is 0 Å². The third kappa shape index (κ3) is 3.93. The second kappa shape index (κ2) is 6.53. The molecule has 1 amide bonds. The zero-order valence-corrected chi connectivity index (χ0v) is 11.8. The molecule has 0 radical (unpaired) electrons. The molecule has 0 fully saturated rings. The zero-order valence-electron chi connectivity index (χ0n) is 11.0. The molecule has 1 aromatic heterocycles. The van der Waals surface area contributed by atoms with Gasteiger partial charge in [0.15, 0.2) is 0 Å². The van der Waals surface area contributed by atoms with Crippen molar-refractivity contribution in [1.82, 2.24) is 19.8 Å². The summed E-state index contributed by atoms with van der Waals surface area (Å²) in [5.74, 6) is -0.115. The first-order valence-corrected chi connectivity index (χ1v) is 7.47. The Labute approximate surface area is 112 Å². The molecule has 0 aliphatic carbocycles. The minimum absolute atomic E-state index is 0.0254. The number of H-pyrrole nitrogens is 1. The molecule has 0 atom stereocenters. The summed E-state index contributed by atoms with van der Waals surface area (Å²) in [5, 5.41) is 5.89. The number of aromatic nitrogens is 2. The zero-order chi connectivity index (χ0) is 14.5. The van der Waals surface area contributed by atoms with Crippen LogP contribution >= 0.6 is 0 Å². The van der Waals surface area contributed by atoms with Gasteiger partial charge in [-0.3, -0.25) is 9.89 Å². The molecule has 0 spiro atoms. The third-order valence-corrected chi connectivity index (χ3v) is 4.16. The van der Waals surface area contributed by atoms with Crippen LogP contribution in [0.2, 0.25) is 0 Å². The standard InChI is InChI=1S/C10H19N5O3S/c1-3-15(4-2)9(16)5-6-13-19(17,18)8-7-12-14-10(8)11/h7,13H,3-6H2,1-2H3,(H3,11,12,14). The van der Waals surface area contributed by atoms with Crippen LogP contribution < -0.4 is 10.5 Å². The number of hydrogen-bond donors (Lipinski definition) is 3. The second-order valence-corrected chi connectivity index (χ2v) is 5.60. The van der Waals surface area contributed by atoms with Crippen molar-refractivity contribution in [1.29, 1.82) is 0 Å². The van der Waals surface area contributed by atoms with E-state index in [-0.39, 0.29) is 29.6 Å². The van der Waals surface area contributed by atoms with Crippen molar-refractivity contribution < 1.29 is 13.2 Å². The molecule has 0 saturated carbocycles. The number of rotatable bonds is 7. The van der Waals surface area contributed by atoms with E-state index in [0.717, 1.165) is 6.20 Å². The number of nitrogens with one attached hydrogen (secondary N) is 2. The molecule has 1 heterocycles. The van der Waals surface area contributed by atoms with E-state index in [1.165, 1.54) is 0 Å². The minimum atomic E-state index is -3.72. The normalized spacial score (nSPS) is 11.5. The van der Waals surface area contributed by atoms with E-state index >= 15 is 0 Å². The third-order valence-electron chi connectivity index (χ3n) is 2.67. The van der Waals surface area contributed by atoms with E-state index in [2.05, 4.69) is 14.9 Å². The van der Waals surface area contributed by atoms with Gasteiger partial charge in [0.05, 0.1) is 6.20 Å². The van der Waals surface area contributed by atoms with Crippen LogP contribution in [0.5, 0.6) is 0 Å². The highest BCUT2D eigenvalue weighted by molar-refractivity contribution is 7.89. The van der Waals surface area contributed by atoms with Gasteiger partial charge in [0.1, 0.15) is 10.7 Å². The Balaban J connectivity index is 2.54. The van der Waals surface area contributed by atoms with Gasteiger partial charge in [0, 0.05) is 26.1 Å². The number of carbonyl (C=O) groups excluding carboxylic acids is 1. The van der Waals surface area contributed by atoms with Gasteiger partial charge in [-0.2, -0.15) is 5.10 Å². The van der Waals surface area contributed by atoms with Gasteiger partial charge in [0.25, 0.3) is 0 Å². The molecule has 19 heavy (non-hydrogen) atoms. The molecule has 1 aromatic rings. The molecule has 0 unspecified atom stereocenters. The first kappa shape index (κ1) is 15.4. The summed E-state index contributed by atoms with van der Waals surface area (Å²) in [6.07, 6.45) is 1.24. The molecule has 0 aliphatic rings. The number of nitrogens with two attached hydrogens (primary N) is 1. The number of aromatic amines is 1. The molecule has 4 N–H and O–H groups in total. The smallest absolute Gasteiger partial charge is 0.245 e. The van der Waals surface area contributed by atoms with E-state index in [0.29, 0.717) is 13.1 Å². The SMILES string of the molecule is CCN(CC)C(=O)CCNS(=O)(=O)c1cn[nH]c1N. The average molecular weight is 289 g/mol. The maximum atomic E-state index is 11.8. The van der Waals surface area contributed by atoms with Crippen molar-refractivity contribution in [2.45, 2.75) is 25.2 Å². The molecule has 0 aromatic carbocycles.